The van der Waals surface area contributed by atoms with Gasteiger partial charge in [-0.3, -0.25) is 0 Å². The number of rotatable bonds is 8. The molecule has 0 fully saturated rings. The fourth-order valence-electron chi connectivity index (χ4n) is 1.83. The summed E-state index contributed by atoms with van der Waals surface area (Å²) >= 11 is 0. The summed E-state index contributed by atoms with van der Waals surface area (Å²) in [4.78, 5) is 4.09. The molecule has 0 saturated carbocycles. The van der Waals surface area contributed by atoms with Crippen LogP contribution in [0.3, 0.4) is 0 Å². The van der Waals surface area contributed by atoms with Crippen molar-refractivity contribution in [2.24, 2.45) is 4.99 Å². The summed E-state index contributed by atoms with van der Waals surface area (Å²) in [5.41, 5.74) is 0.342. The number of methoxy groups -OCH3 is 1. The van der Waals surface area contributed by atoms with Gasteiger partial charge in [0.25, 0.3) is 0 Å². The van der Waals surface area contributed by atoms with Gasteiger partial charge in [-0.1, -0.05) is 0 Å². The Morgan fingerprint density at radius 3 is 2.46 bits per heavy atom. The highest BCUT2D eigenvalue weighted by atomic mass is 127. The van der Waals surface area contributed by atoms with E-state index in [0.717, 1.165) is 0 Å². The summed E-state index contributed by atoms with van der Waals surface area (Å²) in [6.45, 7) is -1.25. The summed E-state index contributed by atoms with van der Waals surface area (Å²) in [5.74, 6) is 0.369. The molecular weight excluding hydrogens is 476 g/mol. The van der Waals surface area contributed by atoms with Gasteiger partial charge in [0, 0.05) is 24.7 Å². The Bertz CT molecular complexity index is 571. The molecule has 1 aromatic rings. The molecule has 0 aromatic heterocycles. The zero-order valence-electron chi connectivity index (χ0n) is 14.2. The second-order valence-corrected chi connectivity index (χ2v) is 4.84. The fraction of sp³-hybridized carbons (Fsp3) is 0.533. The summed E-state index contributed by atoms with van der Waals surface area (Å²) in [5, 5.41) is 5.32. The maximum atomic E-state index is 12.5. The van der Waals surface area contributed by atoms with Crippen molar-refractivity contribution in [2.45, 2.75) is 32.7 Å². The topological polar surface area (TPSA) is 54.9 Å². The number of nitrogens with zero attached hydrogens (tertiary/aromatic N) is 1. The standard InChI is InChI=1S/C15H20F5N3O2.HI/c1-3-21-14(22-7-6-15(18,19)20)23-9-10-4-5-11(24-2)8-12(10)25-13(16)17;/h4-5,8,13H,3,6-7,9H2,1-2H3,(H2,21,22,23);1H. The number of halogens is 6. The number of aliphatic imine (C=N–C) groups is 1. The van der Waals surface area contributed by atoms with E-state index in [1.807, 2.05) is 0 Å². The van der Waals surface area contributed by atoms with Crippen molar-refractivity contribution in [1.29, 1.82) is 0 Å². The van der Waals surface area contributed by atoms with Gasteiger partial charge >= 0.3 is 12.8 Å². The molecule has 1 rings (SSSR count). The third-order valence-electron chi connectivity index (χ3n) is 2.94. The Balaban J connectivity index is 0.00000625. The Kier molecular flexibility index (Phi) is 11.3. The molecule has 0 unspecified atom stereocenters. The molecule has 2 N–H and O–H groups in total. The van der Waals surface area contributed by atoms with Crippen LogP contribution in [-0.2, 0) is 6.54 Å². The molecule has 0 bridgehead atoms. The fourth-order valence-corrected chi connectivity index (χ4v) is 1.83. The lowest BCUT2D eigenvalue weighted by Crippen LogP contribution is -2.38. The predicted molar refractivity (Wildman–Crippen MR) is 98.5 cm³/mol. The summed E-state index contributed by atoms with van der Waals surface area (Å²) < 4.78 is 71.0. The number of alkyl halides is 5. The van der Waals surface area contributed by atoms with Gasteiger partial charge in [0.15, 0.2) is 5.96 Å². The van der Waals surface area contributed by atoms with E-state index in [4.69, 9.17) is 4.74 Å². The van der Waals surface area contributed by atoms with Crippen LogP contribution in [0.4, 0.5) is 22.0 Å². The van der Waals surface area contributed by atoms with Crippen molar-refractivity contribution < 1.29 is 31.4 Å². The van der Waals surface area contributed by atoms with Gasteiger partial charge in [-0.15, -0.1) is 24.0 Å². The van der Waals surface area contributed by atoms with Crippen LogP contribution in [0.25, 0.3) is 0 Å². The van der Waals surface area contributed by atoms with Crippen LogP contribution in [0.2, 0.25) is 0 Å². The minimum absolute atomic E-state index is 0. The Hall–Kier alpha value is -1.53. The first-order valence-electron chi connectivity index (χ1n) is 7.45. The Morgan fingerprint density at radius 1 is 1.23 bits per heavy atom. The molecule has 0 amide bonds. The molecule has 0 saturated heterocycles. The van der Waals surface area contributed by atoms with Crippen LogP contribution >= 0.6 is 24.0 Å². The van der Waals surface area contributed by atoms with Crippen LogP contribution in [-0.4, -0.2) is 38.9 Å². The number of guanidine groups is 1. The van der Waals surface area contributed by atoms with E-state index < -0.39 is 19.2 Å². The first kappa shape index (κ1) is 24.5. The van der Waals surface area contributed by atoms with Crippen LogP contribution in [0.1, 0.15) is 18.9 Å². The van der Waals surface area contributed by atoms with E-state index in [0.29, 0.717) is 17.9 Å². The van der Waals surface area contributed by atoms with E-state index in [-0.39, 0.29) is 48.8 Å². The van der Waals surface area contributed by atoms with E-state index >= 15 is 0 Å². The highest BCUT2D eigenvalue weighted by molar-refractivity contribution is 14.0. The number of ether oxygens (including phenoxy) is 2. The van der Waals surface area contributed by atoms with Gasteiger partial charge < -0.3 is 20.1 Å². The first-order chi connectivity index (χ1) is 11.7. The van der Waals surface area contributed by atoms with Gasteiger partial charge in [-0.2, -0.15) is 22.0 Å². The van der Waals surface area contributed by atoms with Crippen molar-refractivity contribution in [2.75, 3.05) is 20.2 Å². The van der Waals surface area contributed by atoms with E-state index in [9.17, 15) is 22.0 Å². The molecule has 0 aliphatic heterocycles. The van der Waals surface area contributed by atoms with E-state index in [1.54, 1.807) is 13.0 Å². The maximum absolute atomic E-state index is 12.5. The number of hydrogen-bond acceptors (Lipinski definition) is 3. The van der Waals surface area contributed by atoms with Crippen molar-refractivity contribution >= 4 is 29.9 Å². The average molecular weight is 497 g/mol. The smallest absolute Gasteiger partial charge is 0.390 e. The molecule has 0 spiro atoms. The van der Waals surface area contributed by atoms with Gasteiger partial charge in [0.05, 0.1) is 20.1 Å². The summed E-state index contributed by atoms with van der Waals surface area (Å²) in [7, 11) is 1.38. The molecule has 26 heavy (non-hydrogen) atoms. The van der Waals surface area contributed by atoms with Crippen molar-refractivity contribution in [3.05, 3.63) is 23.8 Å². The number of benzene rings is 1. The van der Waals surface area contributed by atoms with Crippen molar-refractivity contribution in [3.8, 4) is 11.5 Å². The second-order valence-electron chi connectivity index (χ2n) is 4.84. The zero-order chi connectivity index (χ0) is 18.9. The highest BCUT2D eigenvalue weighted by Gasteiger charge is 2.26. The Labute approximate surface area is 165 Å². The molecule has 0 aliphatic carbocycles. The maximum Gasteiger partial charge on any atom is 0.390 e. The molecule has 0 heterocycles. The lowest BCUT2D eigenvalue weighted by atomic mass is 10.2. The molecule has 11 heteroatoms. The lowest BCUT2D eigenvalue weighted by Gasteiger charge is -2.14. The SMILES string of the molecule is CCNC(=NCc1ccc(OC)cc1OC(F)F)NCCC(F)(F)F.I. The summed E-state index contributed by atoms with van der Waals surface area (Å²) in [6, 6.07) is 4.34. The highest BCUT2D eigenvalue weighted by Crippen LogP contribution is 2.27. The van der Waals surface area contributed by atoms with Crippen LogP contribution in [0.15, 0.2) is 23.2 Å². The molecule has 1 aromatic carbocycles. The van der Waals surface area contributed by atoms with Crippen LogP contribution < -0.4 is 20.1 Å². The third kappa shape index (κ3) is 9.82. The Morgan fingerprint density at radius 2 is 1.92 bits per heavy atom. The quantitative estimate of drug-likeness (QED) is 0.248. The molecular formula is C15H21F5IN3O2. The summed E-state index contributed by atoms with van der Waals surface area (Å²) in [6.07, 6.45) is -5.29. The van der Waals surface area contributed by atoms with Gasteiger partial charge in [-0.25, -0.2) is 4.99 Å². The molecule has 0 aliphatic rings. The van der Waals surface area contributed by atoms with Crippen LogP contribution in [0.5, 0.6) is 11.5 Å². The average Bonchev–Trinajstić information content (AvgIpc) is 2.51. The number of hydrogen-bond donors (Lipinski definition) is 2. The van der Waals surface area contributed by atoms with Crippen molar-refractivity contribution in [1.82, 2.24) is 10.6 Å². The van der Waals surface area contributed by atoms with Gasteiger partial charge in [0.1, 0.15) is 11.5 Å². The minimum Gasteiger partial charge on any atom is -0.497 e. The molecule has 150 valence electrons. The monoisotopic (exact) mass is 497 g/mol. The van der Waals surface area contributed by atoms with Crippen LogP contribution in [0, 0.1) is 0 Å². The third-order valence-corrected chi connectivity index (χ3v) is 2.94. The second kappa shape index (κ2) is 12.0. The molecule has 5 nitrogen and oxygen atoms in total. The zero-order valence-corrected chi connectivity index (χ0v) is 16.5. The predicted octanol–water partition coefficient (Wildman–Crippen LogP) is 3.92. The normalized spacial score (nSPS) is 11.8. The number of nitrogens with one attached hydrogen (secondary N) is 2. The van der Waals surface area contributed by atoms with Crippen molar-refractivity contribution in [3.63, 3.8) is 0 Å². The molecule has 0 atom stereocenters. The first-order valence-corrected chi connectivity index (χ1v) is 7.45. The minimum atomic E-state index is -4.28. The lowest BCUT2D eigenvalue weighted by molar-refractivity contribution is -0.132. The van der Waals surface area contributed by atoms with Gasteiger partial charge in [-0.05, 0) is 19.1 Å². The van der Waals surface area contributed by atoms with Gasteiger partial charge in [0.2, 0.25) is 0 Å². The largest absolute Gasteiger partial charge is 0.497 e. The molecule has 0 radical (unpaired) electrons. The van der Waals surface area contributed by atoms with E-state index in [1.165, 1.54) is 19.2 Å². The van der Waals surface area contributed by atoms with E-state index in [2.05, 4.69) is 20.4 Å².